The lowest BCUT2D eigenvalue weighted by atomic mass is 10.2. The number of carbonyl (C=O) groups excluding carboxylic acids is 1. The Morgan fingerprint density at radius 3 is 2.45 bits per heavy atom. The number of nitrogens with one attached hydrogen (secondary N) is 1. The summed E-state index contributed by atoms with van der Waals surface area (Å²) in [4.78, 5) is 38.5. The maximum atomic E-state index is 13.1. The Balaban J connectivity index is 1.75. The fraction of sp³-hybridized carbons (Fsp3) is 0.0952. The van der Waals surface area contributed by atoms with E-state index in [1.54, 1.807) is 47.8 Å². The number of hydrogen-bond donors (Lipinski definition) is 1. The van der Waals surface area contributed by atoms with E-state index in [2.05, 4.69) is 5.32 Å². The summed E-state index contributed by atoms with van der Waals surface area (Å²) in [5.74, 6) is -0.353. The van der Waals surface area contributed by atoms with Gasteiger partial charge in [-0.05, 0) is 35.2 Å². The van der Waals surface area contributed by atoms with Gasteiger partial charge in [0.15, 0.2) is 0 Å². The van der Waals surface area contributed by atoms with E-state index < -0.39 is 5.69 Å². The molecule has 0 saturated heterocycles. The fourth-order valence-corrected chi connectivity index (χ4v) is 4.13. The van der Waals surface area contributed by atoms with E-state index in [-0.39, 0.29) is 24.6 Å². The third kappa shape index (κ3) is 3.87. The molecule has 29 heavy (non-hydrogen) atoms. The summed E-state index contributed by atoms with van der Waals surface area (Å²) in [5.41, 5.74) is 0.799. The van der Waals surface area contributed by atoms with Crippen LogP contribution in [0, 0.1) is 0 Å². The van der Waals surface area contributed by atoms with Crippen molar-refractivity contribution in [1.29, 1.82) is 0 Å². The average molecular weight is 426 g/mol. The SMILES string of the molecule is O=C(Cn1c(=O)n(Cc2ccccc2Cl)c(=O)c2sccc21)Nc1ccccc1. The predicted molar refractivity (Wildman–Crippen MR) is 116 cm³/mol. The molecule has 146 valence electrons. The molecule has 8 heteroatoms. The molecule has 0 unspecified atom stereocenters. The lowest BCUT2D eigenvalue weighted by Gasteiger charge is -2.13. The Kier molecular flexibility index (Phi) is 5.33. The van der Waals surface area contributed by atoms with Crippen LogP contribution in [0.4, 0.5) is 5.69 Å². The fourth-order valence-electron chi connectivity index (χ4n) is 3.09. The molecule has 0 fully saturated rings. The zero-order chi connectivity index (χ0) is 20.4. The highest BCUT2D eigenvalue weighted by atomic mass is 35.5. The lowest BCUT2D eigenvalue weighted by Crippen LogP contribution is -2.41. The first-order valence-electron chi connectivity index (χ1n) is 8.84. The van der Waals surface area contributed by atoms with E-state index in [1.807, 2.05) is 18.2 Å². The normalized spacial score (nSPS) is 10.9. The topological polar surface area (TPSA) is 73.1 Å². The van der Waals surface area contributed by atoms with Crippen molar-refractivity contribution in [2.75, 3.05) is 5.32 Å². The maximum absolute atomic E-state index is 13.1. The van der Waals surface area contributed by atoms with E-state index in [1.165, 1.54) is 15.9 Å². The number of aromatic nitrogens is 2. The number of anilines is 1. The Bertz CT molecular complexity index is 1310. The van der Waals surface area contributed by atoms with Gasteiger partial charge in [-0.2, -0.15) is 0 Å². The highest BCUT2D eigenvalue weighted by molar-refractivity contribution is 7.17. The zero-order valence-corrected chi connectivity index (χ0v) is 16.7. The van der Waals surface area contributed by atoms with Gasteiger partial charge in [-0.3, -0.25) is 18.7 Å². The van der Waals surface area contributed by atoms with Crippen LogP contribution >= 0.6 is 22.9 Å². The van der Waals surface area contributed by atoms with Crippen LogP contribution < -0.4 is 16.6 Å². The van der Waals surface area contributed by atoms with Gasteiger partial charge in [-0.25, -0.2) is 4.79 Å². The molecule has 2 aromatic carbocycles. The molecule has 0 aliphatic carbocycles. The summed E-state index contributed by atoms with van der Waals surface area (Å²) in [6.07, 6.45) is 0. The smallest absolute Gasteiger partial charge is 0.325 e. The summed E-state index contributed by atoms with van der Waals surface area (Å²) in [6.45, 7) is -0.171. The number of halogens is 1. The summed E-state index contributed by atoms with van der Waals surface area (Å²) in [6, 6.07) is 17.7. The van der Waals surface area contributed by atoms with Crippen LogP contribution in [0.15, 0.2) is 75.6 Å². The van der Waals surface area contributed by atoms with Crippen LogP contribution in [0.5, 0.6) is 0 Å². The minimum absolute atomic E-state index is 0.0332. The van der Waals surface area contributed by atoms with Crippen molar-refractivity contribution in [1.82, 2.24) is 9.13 Å². The van der Waals surface area contributed by atoms with Gasteiger partial charge in [0.05, 0.1) is 12.1 Å². The number of para-hydroxylation sites is 1. The minimum Gasteiger partial charge on any atom is -0.325 e. The van der Waals surface area contributed by atoms with Crippen LogP contribution in [-0.4, -0.2) is 15.0 Å². The zero-order valence-electron chi connectivity index (χ0n) is 15.2. The van der Waals surface area contributed by atoms with Crippen LogP contribution in [0.1, 0.15) is 5.56 Å². The number of amides is 1. The lowest BCUT2D eigenvalue weighted by molar-refractivity contribution is -0.116. The Morgan fingerprint density at radius 1 is 0.966 bits per heavy atom. The molecule has 4 aromatic rings. The summed E-state index contributed by atoms with van der Waals surface area (Å²) in [7, 11) is 0. The molecule has 1 amide bonds. The highest BCUT2D eigenvalue weighted by Crippen LogP contribution is 2.18. The summed E-state index contributed by atoms with van der Waals surface area (Å²) < 4.78 is 2.86. The largest absolute Gasteiger partial charge is 0.332 e. The third-order valence-corrected chi connectivity index (χ3v) is 5.74. The summed E-state index contributed by atoms with van der Waals surface area (Å²) in [5, 5.41) is 4.97. The molecule has 0 atom stereocenters. The first-order chi connectivity index (χ1) is 14.0. The van der Waals surface area contributed by atoms with Crippen molar-refractivity contribution in [3.05, 3.63) is 97.5 Å². The van der Waals surface area contributed by atoms with Crippen molar-refractivity contribution in [2.45, 2.75) is 13.1 Å². The second-order valence-corrected chi connectivity index (χ2v) is 7.72. The molecule has 2 aromatic heterocycles. The van der Waals surface area contributed by atoms with Crippen molar-refractivity contribution < 1.29 is 4.79 Å². The van der Waals surface area contributed by atoms with Crippen molar-refractivity contribution in [2.24, 2.45) is 0 Å². The van der Waals surface area contributed by atoms with E-state index in [0.29, 0.717) is 26.5 Å². The van der Waals surface area contributed by atoms with Gasteiger partial charge in [0.1, 0.15) is 11.2 Å². The number of benzene rings is 2. The standard InChI is InChI=1S/C21H16ClN3O3S/c22-16-9-5-4-6-14(16)12-25-20(27)19-17(10-11-29-19)24(21(25)28)13-18(26)23-15-7-2-1-3-8-15/h1-11H,12-13H2,(H,23,26). The van der Waals surface area contributed by atoms with Crippen LogP contribution in [0.3, 0.4) is 0 Å². The number of nitrogens with zero attached hydrogens (tertiary/aromatic N) is 2. The molecule has 0 aliphatic rings. The molecule has 0 aliphatic heterocycles. The van der Waals surface area contributed by atoms with Gasteiger partial charge in [0.2, 0.25) is 5.91 Å². The summed E-state index contributed by atoms with van der Waals surface area (Å²) >= 11 is 7.44. The molecule has 0 bridgehead atoms. The van der Waals surface area contributed by atoms with Gasteiger partial charge >= 0.3 is 5.69 Å². The Morgan fingerprint density at radius 2 is 1.69 bits per heavy atom. The van der Waals surface area contributed by atoms with Crippen LogP contribution in [0.25, 0.3) is 10.2 Å². The number of thiophene rings is 1. The van der Waals surface area contributed by atoms with Gasteiger partial charge in [-0.15, -0.1) is 11.3 Å². The molecule has 2 heterocycles. The van der Waals surface area contributed by atoms with Gasteiger partial charge in [0.25, 0.3) is 5.56 Å². The second-order valence-electron chi connectivity index (χ2n) is 6.40. The van der Waals surface area contributed by atoms with Gasteiger partial charge in [0, 0.05) is 10.7 Å². The van der Waals surface area contributed by atoms with Gasteiger partial charge in [-0.1, -0.05) is 48.0 Å². The Hall–Kier alpha value is -3.16. The number of hydrogen-bond acceptors (Lipinski definition) is 4. The van der Waals surface area contributed by atoms with Crippen molar-refractivity contribution in [3.63, 3.8) is 0 Å². The number of carbonyl (C=O) groups is 1. The van der Waals surface area contributed by atoms with Crippen LogP contribution in [0.2, 0.25) is 5.02 Å². The first kappa shape index (κ1) is 19.2. The molecule has 0 radical (unpaired) electrons. The molecule has 0 spiro atoms. The van der Waals surface area contributed by atoms with Crippen LogP contribution in [-0.2, 0) is 17.9 Å². The molecule has 1 N–H and O–H groups in total. The second kappa shape index (κ2) is 8.06. The molecule has 6 nitrogen and oxygen atoms in total. The highest BCUT2D eigenvalue weighted by Gasteiger charge is 2.17. The maximum Gasteiger partial charge on any atom is 0.332 e. The quantitative estimate of drug-likeness (QED) is 0.531. The van der Waals surface area contributed by atoms with E-state index in [9.17, 15) is 14.4 Å². The third-order valence-electron chi connectivity index (χ3n) is 4.48. The monoisotopic (exact) mass is 425 g/mol. The van der Waals surface area contributed by atoms with Crippen molar-refractivity contribution >= 4 is 44.7 Å². The van der Waals surface area contributed by atoms with E-state index >= 15 is 0 Å². The average Bonchev–Trinajstić information content (AvgIpc) is 3.20. The molecular weight excluding hydrogens is 410 g/mol. The predicted octanol–water partition coefficient (Wildman–Crippen LogP) is 3.57. The molecular formula is C21H16ClN3O3S. The van der Waals surface area contributed by atoms with E-state index in [4.69, 9.17) is 11.6 Å². The van der Waals surface area contributed by atoms with E-state index in [0.717, 1.165) is 4.57 Å². The minimum atomic E-state index is -0.552. The first-order valence-corrected chi connectivity index (χ1v) is 10.1. The van der Waals surface area contributed by atoms with Gasteiger partial charge < -0.3 is 5.32 Å². The molecule has 0 saturated carbocycles. The van der Waals surface area contributed by atoms with Crippen molar-refractivity contribution in [3.8, 4) is 0 Å². The number of fused-ring (bicyclic) bond motifs is 1. The Labute approximate surface area is 174 Å². The number of rotatable bonds is 5. The molecule has 4 rings (SSSR count).